The van der Waals surface area contributed by atoms with Gasteiger partial charge < -0.3 is 5.11 Å². The van der Waals surface area contributed by atoms with Gasteiger partial charge in [0, 0.05) is 23.2 Å². The van der Waals surface area contributed by atoms with Crippen molar-refractivity contribution in [3.8, 4) is 0 Å². The van der Waals surface area contributed by atoms with Crippen LogP contribution in [0, 0.1) is 0 Å². The number of rotatable bonds is 5. The number of halogens is 1. The van der Waals surface area contributed by atoms with E-state index in [2.05, 4.69) is 43.0 Å². The molecule has 0 saturated heterocycles. The predicted octanol–water partition coefficient (Wildman–Crippen LogP) is 2.79. The monoisotopic (exact) mass is 409 g/mol. The Morgan fingerprint density at radius 1 is 1.21 bits per heavy atom. The topological polar surface area (TPSA) is 105 Å². The highest BCUT2D eigenvalue weighted by atomic mass is 35.5. The summed E-state index contributed by atoms with van der Waals surface area (Å²) in [5.74, 6) is 1.48. The van der Waals surface area contributed by atoms with E-state index in [-0.39, 0.29) is 5.41 Å². The van der Waals surface area contributed by atoms with E-state index in [4.69, 9.17) is 11.6 Å². The van der Waals surface area contributed by atoms with Crippen molar-refractivity contribution in [2.75, 3.05) is 0 Å². The number of aromatic nitrogens is 7. The molecule has 1 fully saturated rings. The maximum Gasteiger partial charge on any atom is 0.178 e. The van der Waals surface area contributed by atoms with Crippen LogP contribution >= 0.6 is 11.6 Å². The predicted molar refractivity (Wildman–Crippen MR) is 107 cm³/mol. The first-order valence-corrected chi connectivity index (χ1v) is 9.85. The average Bonchev–Trinajstić information content (AvgIpc) is 3.11. The lowest BCUT2D eigenvalue weighted by molar-refractivity contribution is 0.0796. The molecule has 1 aromatic carbocycles. The standard InChI is InChI=1S/C20H20ClN7O/c1-19(2,29)14-4-3-9-28-17(14)24-25-18(28)20(7-8-20)13-5-6-15(21)12(10-13)11-16-22-26-27-23-16/h3-6,9-10,29H,7-8,11H2,1-2H3,(H,22,23,26,27). The van der Waals surface area contributed by atoms with Crippen molar-refractivity contribution >= 4 is 17.2 Å². The highest BCUT2D eigenvalue weighted by Gasteiger charge is 2.50. The molecule has 1 aliphatic rings. The smallest absolute Gasteiger partial charge is 0.178 e. The Hall–Kier alpha value is -2.84. The van der Waals surface area contributed by atoms with E-state index in [1.54, 1.807) is 13.8 Å². The largest absolute Gasteiger partial charge is 0.386 e. The molecule has 3 aromatic heterocycles. The Balaban J connectivity index is 1.59. The van der Waals surface area contributed by atoms with E-state index in [9.17, 15) is 5.11 Å². The second-order valence-corrected chi connectivity index (χ2v) is 8.50. The van der Waals surface area contributed by atoms with Crippen LogP contribution in [0.4, 0.5) is 0 Å². The molecular weight excluding hydrogens is 390 g/mol. The molecule has 5 rings (SSSR count). The molecule has 1 saturated carbocycles. The number of H-pyrrole nitrogens is 1. The first-order chi connectivity index (χ1) is 13.9. The van der Waals surface area contributed by atoms with Crippen molar-refractivity contribution in [2.24, 2.45) is 0 Å². The lowest BCUT2D eigenvalue weighted by Gasteiger charge is -2.19. The summed E-state index contributed by atoms with van der Waals surface area (Å²) in [6.45, 7) is 3.51. The van der Waals surface area contributed by atoms with Crippen LogP contribution in [0.2, 0.25) is 5.02 Å². The maximum atomic E-state index is 10.5. The fourth-order valence-electron chi connectivity index (χ4n) is 3.92. The van der Waals surface area contributed by atoms with Crippen molar-refractivity contribution in [3.63, 3.8) is 0 Å². The van der Waals surface area contributed by atoms with Gasteiger partial charge in [-0.15, -0.1) is 20.4 Å². The maximum absolute atomic E-state index is 10.5. The summed E-state index contributed by atoms with van der Waals surface area (Å²) in [4.78, 5) is 0. The van der Waals surface area contributed by atoms with Gasteiger partial charge in [-0.05, 0) is 49.9 Å². The minimum atomic E-state index is -0.998. The van der Waals surface area contributed by atoms with Crippen LogP contribution in [0.5, 0.6) is 0 Å². The first kappa shape index (κ1) is 18.2. The molecule has 9 heteroatoms. The lowest BCUT2D eigenvalue weighted by Crippen LogP contribution is -2.18. The molecular formula is C20H20ClN7O. The molecule has 148 valence electrons. The summed E-state index contributed by atoms with van der Waals surface area (Å²) in [6.07, 6.45) is 4.41. The second-order valence-electron chi connectivity index (χ2n) is 8.09. The Bertz CT molecular complexity index is 1190. The van der Waals surface area contributed by atoms with Crippen LogP contribution in [-0.2, 0) is 17.4 Å². The fraction of sp³-hybridized carbons (Fsp3) is 0.350. The van der Waals surface area contributed by atoms with E-state index >= 15 is 0 Å². The molecule has 3 heterocycles. The third-order valence-electron chi connectivity index (χ3n) is 5.61. The van der Waals surface area contributed by atoms with Crippen molar-refractivity contribution in [1.29, 1.82) is 0 Å². The van der Waals surface area contributed by atoms with E-state index in [1.807, 2.05) is 28.8 Å². The van der Waals surface area contributed by atoms with Gasteiger partial charge in [-0.3, -0.25) is 4.40 Å². The molecule has 4 aromatic rings. The summed E-state index contributed by atoms with van der Waals surface area (Å²) in [5, 5.41) is 34.3. The normalized spacial score (nSPS) is 15.7. The molecule has 0 amide bonds. The Morgan fingerprint density at radius 2 is 2.03 bits per heavy atom. The summed E-state index contributed by atoms with van der Waals surface area (Å²) in [5.41, 5.74) is 2.31. The lowest BCUT2D eigenvalue weighted by atomic mass is 9.92. The summed E-state index contributed by atoms with van der Waals surface area (Å²) >= 11 is 6.43. The average molecular weight is 410 g/mol. The summed E-state index contributed by atoms with van der Waals surface area (Å²) < 4.78 is 1.99. The van der Waals surface area contributed by atoms with Gasteiger partial charge in [0.1, 0.15) is 5.82 Å². The molecule has 0 radical (unpaired) electrons. The number of hydrogen-bond acceptors (Lipinski definition) is 6. The SMILES string of the molecule is CC(C)(O)c1cccn2c(C3(c4ccc(Cl)c(Cc5nn[nH]n5)c4)CC3)nnc12. The van der Waals surface area contributed by atoms with Crippen LogP contribution in [0.1, 0.15) is 55.0 Å². The number of fused-ring (bicyclic) bond motifs is 1. The van der Waals surface area contributed by atoms with Crippen molar-refractivity contribution in [1.82, 2.24) is 35.2 Å². The number of aliphatic hydroxyl groups is 1. The Morgan fingerprint density at radius 3 is 2.72 bits per heavy atom. The number of tetrazole rings is 1. The van der Waals surface area contributed by atoms with Crippen LogP contribution in [0.15, 0.2) is 36.5 Å². The number of benzene rings is 1. The van der Waals surface area contributed by atoms with Gasteiger partial charge in [-0.25, -0.2) is 0 Å². The zero-order valence-electron chi connectivity index (χ0n) is 16.1. The molecule has 29 heavy (non-hydrogen) atoms. The van der Waals surface area contributed by atoms with Crippen molar-refractivity contribution < 1.29 is 5.11 Å². The molecule has 1 aliphatic carbocycles. The third-order valence-corrected chi connectivity index (χ3v) is 5.98. The molecule has 8 nitrogen and oxygen atoms in total. The highest BCUT2D eigenvalue weighted by molar-refractivity contribution is 6.31. The van der Waals surface area contributed by atoms with E-state index < -0.39 is 5.60 Å². The quantitative estimate of drug-likeness (QED) is 0.525. The molecule has 0 bridgehead atoms. The minimum absolute atomic E-state index is 0.214. The number of nitrogens with one attached hydrogen (secondary N) is 1. The highest BCUT2D eigenvalue weighted by Crippen LogP contribution is 2.53. The number of aromatic amines is 1. The summed E-state index contributed by atoms with van der Waals surface area (Å²) in [7, 11) is 0. The number of hydrogen-bond donors (Lipinski definition) is 2. The van der Waals surface area contributed by atoms with Crippen molar-refractivity contribution in [3.05, 3.63) is 69.9 Å². The van der Waals surface area contributed by atoms with Gasteiger partial charge in [0.15, 0.2) is 11.5 Å². The number of pyridine rings is 1. The zero-order valence-corrected chi connectivity index (χ0v) is 16.8. The molecule has 0 unspecified atom stereocenters. The van der Waals surface area contributed by atoms with Gasteiger partial charge in [0.25, 0.3) is 0 Å². The van der Waals surface area contributed by atoms with Gasteiger partial charge in [-0.1, -0.05) is 35.0 Å². The first-order valence-electron chi connectivity index (χ1n) is 9.47. The fourth-order valence-corrected chi connectivity index (χ4v) is 4.11. The van der Waals surface area contributed by atoms with E-state index in [0.29, 0.717) is 22.9 Å². The molecule has 2 N–H and O–H groups in total. The Labute approximate surface area is 171 Å². The van der Waals surface area contributed by atoms with Crippen LogP contribution < -0.4 is 0 Å². The van der Waals surface area contributed by atoms with Crippen molar-refractivity contribution in [2.45, 2.75) is 44.1 Å². The molecule has 0 aliphatic heterocycles. The van der Waals surface area contributed by atoms with Gasteiger partial charge in [0.2, 0.25) is 0 Å². The molecule has 0 spiro atoms. The van der Waals surface area contributed by atoms with Gasteiger partial charge >= 0.3 is 0 Å². The van der Waals surface area contributed by atoms with E-state index in [0.717, 1.165) is 35.4 Å². The Kier molecular flexibility index (Phi) is 3.97. The molecule has 0 atom stereocenters. The summed E-state index contributed by atoms with van der Waals surface area (Å²) in [6, 6.07) is 9.88. The number of nitrogens with zero attached hydrogens (tertiary/aromatic N) is 6. The van der Waals surface area contributed by atoms with Gasteiger partial charge in [-0.2, -0.15) is 5.21 Å². The van der Waals surface area contributed by atoms with Crippen LogP contribution in [0.3, 0.4) is 0 Å². The second kappa shape index (κ2) is 6.33. The minimum Gasteiger partial charge on any atom is -0.386 e. The third kappa shape index (κ3) is 2.99. The van der Waals surface area contributed by atoms with E-state index in [1.165, 1.54) is 0 Å². The zero-order chi connectivity index (χ0) is 20.2. The van der Waals surface area contributed by atoms with Crippen LogP contribution in [0.25, 0.3) is 5.65 Å². The van der Waals surface area contributed by atoms with Crippen LogP contribution in [-0.4, -0.2) is 40.3 Å². The van der Waals surface area contributed by atoms with Gasteiger partial charge in [0.05, 0.1) is 11.0 Å².